The second-order valence-corrected chi connectivity index (χ2v) is 6.68. The molecule has 7 heteroatoms. The average molecular weight is 374 g/mol. The van der Waals surface area contributed by atoms with Gasteiger partial charge in [-0.1, -0.05) is 23.7 Å². The Labute approximate surface area is 156 Å². The van der Waals surface area contributed by atoms with Crippen molar-refractivity contribution in [1.82, 2.24) is 5.32 Å². The first-order valence-electron chi connectivity index (χ1n) is 8.31. The first kappa shape index (κ1) is 18.2. The fourth-order valence-corrected chi connectivity index (χ4v) is 3.03. The average Bonchev–Trinajstić information content (AvgIpc) is 3.01. The van der Waals surface area contributed by atoms with E-state index in [1.54, 1.807) is 24.3 Å². The highest BCUT2D eigenvalue weighted by atomic mass is 35.5. The predicted octanol–water partition coefficient (Wildman–Crippen LogP) is 2.12. The van der Waals surface area contributed by atoms with Gasteiger partial charge in [-0.25, -0.2) is 0 Å². The van der Waals surface area contributed by atoms with Crippen LogP contribution in [0.5, 0.6) is 0 Å². The van der Waals surface area contributed by atoms with Crippen LogP contribution in [-0.2, 0) is 16.0 Å². The van der Waals surface area contributed by atoms with Crippen LogP contribution < -0.4 is 15.5 Å². The number of aliphatic hydroxyl groups is 1. The molecule has 1 heterocycles. The second-order valence-electron chi connectivity index (χ2n) is 6.25. The van der Waals surface area contributed by atoms with Crippen molar-refractivity contribution in [1.29, 1.82) is 0 Å². The van der Waals surface area contributed by atoms with Crippen LogP contribution >= 0.6 is 11.6 Å². The van der Waals surface area contributed by atoms with E-state index in [0.29, 0.717) is 10.7 Å². The maximum absolute atomic E-state index is 11.9. The van der Waals surface area contributed by atoms with E-state index < -0.39 is 17.9 Å². The van der Waals surface area contributed by atoms with Crippen LogP contribution in [0.25, 0.3) is 0 Å². The summed E-state index contributed by atoms with van der Waals surface area (Å²) in [7, 11) is 2.03. The molecule has 0 fully saturated rings. The van der Waals surface area contributed by atoms with Gasteiger partial charge >= 0.3 is 11.8 Å². The van der Waals surface area contributed by atoms with Crippen LogP contribution in [0.3, 0.4) is 0 Å². The van der Waals surface area contributed by atoms with Crippen molar-refractivity contribution in [2.45, 2.75) is 12.5 Å². The number of anilines is 2. The Balaban J connectivity index is 1.53. The Morgan fingerprint density at radius 3 is 2.65 bits per heavy atom. The summed E-state index contributed by atoms with van der Waals surface area (Å²) in [6.45, 7) is 0.915. The van der Waals surface area contributed by atoms with Gasteiger partial charge in [0.2, 0.25) is 0 Å². The molecule has 0 aliphatic carbocycles. The van der Waals surface area contributed by atoms with Crippen molar-refractivity contribution >= 4 is 34.8 Å². The first-order valence-corrected chi connectivity index (χ1v) is 8.68. The number of rotatable bonds is 4. The van der Waals surface area contributed by atoms with Gasteiger partial charge in [0.25, 0.3) is 0 Å². The first-order chi connectivity index (χ1) is 12.4. The van der Waals surface area contributed by atoms with Gasteiger partial charge in [0.1, 0.15) is 0 Å². The Morgan fingerprint density at radius 2 is 1.92 bits per heavy atom. The van der Waals surface area contributed by atoms with Gasteiger partial charge in [-0.2, -0.15) is 0 Å². The molecule has 1 aliphatic rings. The zero-order valence-corrected chi connectivity index (χ0v) is 15.1. The Hall–Kier alpha value is -2.57. The molecule has 0 radical (unpaired) electrons. The number of carbonyl (C=O) groups is 2. The zero-order chi connectivity index (χ0) is 18.7. The standard InChI is InChI=1S/C19H20ClN3O3/c1-23-9-8-12-10-13(2-7-16(12)23)17(24)11-21-18(25)19(26)22-15-5-3-14(20)4-6-15/h2-7,10,17,24H,8-9,11H2,1H3,(H,21,25)(H,22,26). The number of carbonyl (C=O) groups excluding carboxylic acids is 2. The third kappa shape index (κ3) is 4.15. The van der Waals surface area contributed by atoms with Crippen molar-refractivity contribution in [3.05, 3.63) is 58.6 Å². The molecule has 2 aromatic rings. The number of nitrogens with one attached hydrogen (secondary N) is 2. The number of aliphatic hydroxyl groups excluding tert-OH is 1. The molecule has 26 heavy (non-hydrogen) atoms. The molecule has 0 bridgehead atoms. The van der Waals surface area contributed by atoms with E-state index in [4.69, 9.17) is 11.6 Å². The van der Waals surface area contributed by atoms with Crippen LogP contribution in [0.4, 0.5) is 11.4 Å². The van der Waals surface area contributed by atoms with E-state index in [1.807, 2.05) is 25.2 Å². The maximum Gasteiger partial charge on any atom is 0.313 e. The number of halogens is 1. The minimum atomic E-state index is -0.876. The van der Waals surface area contributed by atoms with E-state index in [0.717, 1.165) is 24.2 Å². The molecular formula is C19H20ClN3O3. The summed E-state index contributed by atoms with van der Waals surface area (Å²) < 4.78 is 0. The molecular weight excluding hydrogens is 354 g/mol. The molecule has 1 atom stereocenters. The Kier molecular flexibility index (Phi) is 5.44. The molecule has 6 nitrogen and oxygen atoms in total. The number of amides is 2. The van der Waals surface area contributed by atoms with E-state index in [-0.39, 0.29) is 6.54 Å². The summed E-state index contributed by atoms with van der Waals surface area (Å²) in [6, 6.07) is 12.2. The summed E-state index contributed by atoms with van der Waals surface area (Å²) in [4.78, 5) is 26.0. The molecule has 2 aromatic carbocycles. The van der Waals surface area contributed by atoms with Gasteiger partial charge in [0.05, 0.1) is 6.10 Å². The van der Waals surface area contributed by atoms with E-state index >= 15 is 0 Å². The fraction of sp³-hybridized carbons (Fsp3) is 0.263. The maximum atomic E-state index is 11.9. The molecule has 2 amide bonds. The van der Waals surface area contributed by atoms with Gasteiger partial charge in [0, 0.05) is 36.5 Å². The lowest BCUT2D eigenvalue weighted by atomic mass is 10.0. The monoisotopic (exact) mass is 373 g/mol. The quantitative estimate of drug-likeness (QED) is 0.717. The highest BCUT2D eigenvalue weighted by molar-refractivity contribution is 6.39. The number of likely N-dealkylation sites (N-methyl/N-ethyl adjacent to an activating group) is 1. The molecule has 0 saturated carbocycles. The highest BCUT2D eigenvalue weighted by Crippen LogP contribution is 2.29. The van der Waals surface area contributed by atoms with Crippen molar-refractivity contribution in [3.8, 4) is 0 Å². The minimum absolute atomic E-state index is 0.0402. The van der Waals surface area contributed by atoms with Crippen LogP contribution in [-0.4, -0.2) is 37.1 Å². The second kappa shape index (κ2) is 7.76. The molecule has 136 valence electrons. The Morgan fingerprint density at radius 1 is 1.19 bits per heavy atom. The van der Waals surface area contributed by atoms with Gasteiger partial charge < -0.3 is 20.6 Å². The number of hydrogen-bond donors (Lipinski definition) is 3. The number of fused-ring (bicyclic) bond motifs is 1. The smallest absolute Gasteiger partial charge is 0.313 e. The topological polar surface area (TPSA) is 81.7 Å². The minimum Gasteiger partial charge on any atom is -0.387 e. The van der Waals surface area contributed by atoms with E-state index in [9.17, 15) is 14.7 Å². The molecule has 3 rings (SSSR count). The van der Waals surface area contributed by atoms with Crippen LogP contribution in [0, 0.1) is 0 Å². The SMILES string of the molecule is CN1CCc2cc(C(O)CNC(=O)C(=O)Nc3ccc(Cl)cc3)ccc21. The lowest BCUT2D eigenvalue weighted by Crippen LogP contribution is -2.37. The molecule has 1 unspecified atom stereocenters. The molecule has 0 aromatic heterocycles. The normalized spacial score (nSPS) is 13.9. The zero-order valence-electron chi connectivity index (χ0n) is 14.3. The molecule has 0 spiro atoms. The van der Waals surface area contributed by atoms with Crippen molar-refractivity contribution in [2.24, 2.45) is 0 Å². The van der Waals surface area contributed by atoms with Gasteiger partial charge in [-0.05, 0) is 47.9 Å². The summed E-state index contributed by atoms with van der Waals surface area (Å²) in [6.07, 6.45) is 0.0564. The summed E-state index contributed by atoms with van der Waals surface area (Å²) in [5.41, 5.74) is 3.53. The van der Waals surface area contributed by atoms with Crippen LogP contribution in [0.2, 0.25) is 5.02 Å². The van der Waals surface area contributed by atoms with Crippen LogP contribution in [0.15, 0.2) is 42.5 Å². The lowest BCUT2D eigenvalue weighted by molar-refractivity contribution is -0.136. The van der Waals surface area contributed by atoms with E-state index in [1.165, 1.54) is 5.56 Å². The number of nitrogens with zero attached hydrogens (tertiary/aromatic N) is 1. The third-order valence-corrected chi connectivity index (χ3v) is 4.63. The summed E-state index contributed by atoms with van der Waals surface area (Å²) >= 11 is 5.77. The highest BCUT2D eigenvalue weighted by Gasteiger charge is 2.19. The van der Waals surface area contributed by atoms with Crippen molar-refractivity contribution in [3.63, 3.8) is 0 Å². The van der Waals surface area contributed by atoms with Crippen molar-refractivity contribution < 1.29 is 14.7 Å². The van der Waals surface area contributed by atoms with E-state index in [2.05, 4.69) is 15.5 Å². The number of hydrogen-bond acceptors (Lipinski definition) is 4. The van der Waals surface area contributed by atoms with Crippen molar-refractivity contribution in [2.75, 3.05) is 30.4 Å². The third-order valence-electron chi connectivity index (χ3n) is 4.38. The largest absolute Gasteiger partial charge is 0.387 e. The molecule has 1 aliphatic heterocycles. The van der Waals surface area contributed by atoms with Gasteiger partial charge in [-0.3, -0.25) is 9.59 Å². The van der Waals surface area contributed by atoms with Crippen LogP contribution in [0.1, 0.15) is 17.2 Å². The summed E-state index contributed by atoms with van der Waals surface area (Å²) in [5, 5.41) is 15.8. The summed E-state index contributed by atoms with van der Waals surface area (Å²) in [5.74, 6) is -1.60. The fourth-order valence-electron chi connectivity index (χ4n) is 2.90. The number of benzene rings is 2. The molecule has 0 saturated heterocycles. The predicted molar refractivity (Wildman–Crippen MR) is 101 cm³/mol. The van der Waals surface area contributed by atoms with Gasteiger partial charge in [0.15, 0.2) is 0 Å². The van der Waals surface area contributed by atoms with Gasteiger partial charge in [-0.15, -0.1) is 0 Å². The lowest BCUT2D eigenvalue weighted by Gasteiger charge is -2.15. The Bertz CT molecular complexity index is 823. The molecule has 3 N–H and O–H groups in total.